The molecule has 9 aromatic rings. The summed E-state index contributed by atoms with van der Waals surface area (Å²) in [5, 5.41) is 2.24. The van der Waals surface area contributed by atoms with Crippen molar-refractivity contribution in [1.29, 1.82) is 0 Å². The Morgan fingerprint density at radius 3 is 1.69 bits per heavy atom. The van der Waals surface area contributed by atoms with Crippen LogP contribution in [0.4, 0.5) is 4.39 Å². The summed E-state index contributed by atoms with van der Waals surface area (Å²) in [6.45, 7) is 2.10. The van der Waals surface area contributed by atoms with Gasteiger partial charge >= 0.3 is 0 Å². The molecule has 0 saturated carbocycles. The van der Waals surface area contributed by atoms with Crippen LogP contribution in [0.15, 0.2) is 170 Å². The molecule has 5 heteroatoms. The molecule has 0 fully saturated rings. The van der Waals surface area contributed by atoms with E-state index in [9.17, 15) is 0 Å². The van der Waals surface area contributed by atoms with Gasteiger partial charge in [0.1, 0.15) is 5.82 Å². The minimum atomic E-state index is -0.280. The monoisotopic (exact) mass is 658 g/mol. The van der Waals surface area contributed by atoms with Crippen LogP contribution in [0.5, 0.6) is 0 Å². The number of fused-ring (bicyclic) bond motifs is 3. The summed E-state index contributed by atoms with van der Waals surface area (Å²) in [5.74, 6) is 1.40. The Balaban J connectivity index is 1.36. The highest BCUT2D eigenvalue weighted by Crippen LogP contribution is 2.40. The van der Waals surface area contributed by atoms with Gasteiger partial charge in [0.05, 0.1) is 16.7 Å². The number of aromatic nitrogens is 4. The Kier molecular flexibility index (Phi) is 7.51. The van der Waals surface area contributed by atoms with Gasteiger partial charge < -0.3 is 4.57 Å². The first-order valence-corrected chi connectivity index (χ1v) is 17.0. The van der Waals surface area contributed by atoms with Crippen LogP contribution >= 0.6 is 0 Å². The number of halogens is 1. The highest BCUT2D eigenvalue weighted by atomic mass is 19.1. The Labute approximate surface area is 295 Å². The maximum absolute atomic E-state index is 15.4. The minimum Gasteiger partial charge on any atom is -0.308 e. The fraction of sp³-hybridized carbons (Fsp3) is 0.0217. The van der Waals surface area contributed by atoms with Gasteiger partial charge in [-0.15, -0.1) is 0 Å². The van der Waals surface area contributed by atoms with Crippen LogP contribution in [0, 0.1) is 12.7 Å². The Morgan fingerprint density at radius 1 is 0.412 bits per heavy atom. The molecule has 0 aliphatic rings. The normalized spacial score (nSPS) is 11.3. The highest BCUT2D eigenvalue weighted by molar-refractivity contribution is 6.10. The summed E-state index contributed by atoms with van der Waals surface area (Å²) < 4.78 is 17.7. The summed E-state index contributed by atoms with van der Waals surface area (Å²) in [7, 11) is 0. The van der Waals surface area contributed by atoms with E-state index in [0.29, 0.717) is 23.0 Å². The molecule has 0 amide bonds. The maximum atomic E-state index is 15.4. The topological polar surface area (TPSA) is 43.6 Å². The second-order valence-corrected chi connectivity index (χ2v) is 12.7. The van der Waals surface area contributed by atoms with E-state index >= 15 is 4.39 Å². The van der Waals surface area contributed by atoms with E-state index in [1.165, 1.54) is 11.6 Å². The standard InChI is InChI=1S/C46H31FN4/c1-30-20-22-31(23-21-30)34-24-26-38-37-17-9-11-19-41(37)51(42(38)28-34)43-29-35(36-16-8-10-18-40(36)47)25-27-39(43)46-49-44(32-12-4-2-5-13-32)48-45(50-46)33-14-6-3-7-15-33/h2-29H,1H3. The lowest BCUT2D eigenvalue weighted by Gasteiger charge is -2.17. The molecule has 242 valence electrons. The van der Waals surface area contributed by atoms with Crippen LogP contribution in [-0.4, -0.2) is 19.5 Å². The van der Waals surface area contributed by atoms with E-state index in [2.05, 4.69) is 84.3 Å². The molecule has 4 nitrogen and oxygen atoms in total. The van der Waals surface area contributed by atoms with Gasteiger partial charge in [-0.05, 0) is 53.9 Å². The van der Waals surface area contributed by atoms with Gasteiger partial charge in [0.25, 0.3) is 0 Å². The van der Waals surface area contributed by atoms with E-state index in [0.717, 1.165) is 60.9 Å². The van der Waals surface area contributed by atoms with Crippen LogP contribution in [0.3, 0.4) is 0 Å². The fourth-order valence-electron chi connectivity index (χ4n) is 6.85. The Hall–Kier alpha value is -6.72. The molecule has 2 heterocycles. The van der Waals surface area contributed by atoms with Crippen molar-refractivity contribution < 1.29 is 4.39 Å². The fourth-order valence-corrected chi connectivity index (χ4v) is 6.85. The molecule has 2 aromatic heterocycles. The molecule has 0 aliphatic carbocycles. The van der Waals surface area contributed by atoms with Gasteiger partial charge in [0.15, 0.2) is 17.5 Å². The number of aryl methyl sites for hydroxylation is 1. The average Bonchev–Trinajstić information content (AvgIpc) is 3.52. The highest BCUT2D eigenvalue weighted by Gasteiger charge is 2.21. The summed E-state index contributed by atoms with van der Waals surface area (Å²) in [4.78, 5) is 15.2. The van der Waals surface area contributed by atoms with Gasteiger partial charge in [0.2, 0.25) is 0 Å². The largest absolute Gasteiger partial charge is 0.308 e. The van der Waals surface area contributed by atoms with Crippen LogP contribution in [0.1, 0.15) is 5.56 Å². The minimum absolute atomic E-state index is 0.280. The molecule has 0 bridgehead atoms. The zero-order chi connectivity index (χ0) is 34.3. The van der Waals surface area contributed by atoms with Crippen molar-refractivity contribution >= 4 is 21.8 Å². The summed E-state index contributed by atoms with van der Waals surface area (Å²) in [6, 6.07) is 56.5. The van der Waals surface area contributed by atoms with Gasteiger partial charge in [-0.1, -0.05) is 145 Å². The number of para-hydroxylation sites is 1. The van der Waals surface area contributed by atoms with Crippen molar-refractivity contribution in [1.82, 2.24) is 19.5 Å². The zero-order valence-electron chi connectivity index (χ0n) is 27.8. The number of hydrogen-bond donors (Lipinski definition) is 0. The first kappa shape index (κ1) is 30.3. The van der Waals surface area contributed by atoms with Crippen LogP contribution in [0.25, 0.3) is 83.9 Å². The van der Waals surface area contributed by atoms with Crippen molar-refractivity contribution in [3.63, 3.8) is 0 Å². The molecule has 9 rings (SSSR count). The van der Waals surface area contributed by atoms with Crippen LogP contribution in [-0.2, 0) is 0 Å². The van der Waals surface area contributed by atoms with E-state index in [1.807, 2.05) is 84.9 Å². The van der Waals surface area contributed by atoms with Gasteiger partial charge in [-0.3, -0.25) is 0 Å². The zero-order valence-corrected chi connectivity index (χ0v) is 27.8. The molecule has 0 atom stereocenters. The lowest BCUT2D eigenvalue weighted by Crippen LogP contribution is -2.04. The average molecular weight is 659 g/mol. The van der Waals surface area contributed by atoms with E-state index in [-0.39, 0.29) is 5.82 Å². The third-order valence-corrected chi connectivity index (χ3v) is 9.42. The second-order valence-electron chi connectivity index (χ2n) is 12.7. The SMILES string of the molecule is Cc1ccc(-c2ccc3c4ccccc4n(-c4cc(-c5ccccc5F)ccc4-c4nc(-c5ccccc5)nc(-c5ccccc5)n4)c3c2)cc1. The second kappa shape index (κ2) is 12.6. The molecule has 0 spiro atoms. The van der Waals surface area contributed by atoms with Crippen molar-refractivity contribution in [3.8, 4) is 62.1 Å². The molecular weight excluding hydrogens is 628 g/mol. The van der Waals surface area contributed by atoms with Crippen molar-refractivity contribution in [2.75, 3.05) is 0 Å². The number of nitrogens with zero attached hydrogens (tertiary/aromatic N) is 4. The quantitative estimate of drug-likeness (QED) is 0.179. The summed E-state index contributed by atoms with van der Waals surface area (Å²) in [5.41, 5.74) is 10.2. The molecule has 0 unspecified atom stereocenters. The van der Waals surface area contributed by atoms with Crippen molar-refractivity contribution in [3.05, 3.63) is 181 Å². The van der Waals surface area contributed by atoms with E-state index in [1.54, 1.807) is 6.07 Å². The summed E-state index contributed by atoms with van der Waals surface area (Å²) in [6.07, 6.45) is 0. The molecule has 0 aliphatic heterocycles. The van der Waals surface area contributed by atoms with Gasteiger partial charge in [-0.2, -0.15) is 0 Å². The van der Waals surface area contributed by atoms with Crippen molar-refractivity contribution in [2.24, 2.45) is 0 Å². The number of benzene rings is 7. The third kappa shape index (κ3) is 5.55. The lowest BCUT2D eigenvalue weighted by atomic mass is 10.0. The predicted octanol–water partition coefficient (Wildman–Crippen LogP) is 11.8. The predicted molar refractivity (Wildman–Crippen MR) is 206 cm³/mol. The number of hydrogen-bond acceptors (Lipinski definition) is 3. The first-order valence-electron chi connectivity index (χ1n) is 17.0. The smallest absolute Gasteiger partial charge is 0.166 e. The molecule has 51 heavy (non-hydrogen) atoms. The third-order valence-electron chi connectivity index (χ3n) is 9.42. The number of rotatable bonds is 6. The molecule has 0 saturated heterocycles. The maximum Gasteiger partial charge on any atom is 0.166 e. The van der Waals surface area contributed by atoms with Crippen molar-refractivity contribution in [2.45, 2.75) is 6.92 Å². The molecular formula is C46H31FN4. The molecule has 7 aromatic carbocycles. The first-order chi connectivity index (χ1) is 25.1. The van der Waals surface area contributed by atoms with Crippen LogP contribution < -0.4 is 0 Å². The summed E-state index contributed by atoms with van der Waals surface area (Å²) >= 11 is 0. The van der Waals surface area contributed by atoms with Gasteiger partial charge in [-0.25, -0.2) is 19.3 Å². The van der Waals surface area contributed by atoms with E-state index in [4.69, 9.17) is 15.0 Å². The molecule has 0 N–H and O–H groups in total. The Bertz CT molecular complexity index is 2640. The Morgan fingerprint density at radius 2 is 0.980 bits per heavy atom. The lowest BCUT2D eigenvalue weighted by molar-refractivity contribution is 0.631. The van der Waals surface area contributed by atoms with Crippen LogP contribution in [0.2, 0.25) is 0 Å². The van der Waals surface area contributed by atoms with Gasteiger partial charge in [0, 0.05) is 33.0 Å². The van der Waals surface area contributed by atoms with E-state index < -0.39 is 0 Å². The molecule has 0 radical (unpaired) electrons.